The summed E-state index contributed by atoms with van der Waals surface area (Å²) in [5, 5.41) is 7.30. The maximum Gasteiger partial charge on any atom is 0.191 e. The van der Waals surface area contributed by atoms with Crippen LogP contribution in [0.2, 0.25) is 5.02 Å². The molecule has 0 radical (unpaired) electrons. The minimum absolute atomic E-state index is 0.721. The second kappa shape index (κ2) is 9.06. The molecule has 0 amide bonds. The number of benzene rings is 2. The van der Waals surface area contributed by atoms with Gasteiger partial charge in [0.1, 0.15) is 5.75 Å². The van der Waals surface area contributed by atoms with E-state index in [1.54, 1.807) is 14.2 Å². The summed E-state index contributed by atoms with van der Waals surface area (Å²) in [6.45, 7) is 1.49. The van der Waals surface area contributed by atoms with Crippen LogP contribution in [0, 0.1) is 0 Å². The Kier molecular flexibility index (Phi) is 6.76. The summed E-state index contributed by atoms with van der Waals surface area (Å²) in [6.07, 6.45) is 0.814. The molecule has 4 nitrogen and oxygen atoms in total. The number of nitrogens with one attached hydrogen (secondary N) is 2. The number of methoxy groups -OCH3 is 1. The van der Waals surface area contributed by atoms with Crippen LogP contribution in [0.15, 0.2) is 53.5 Å². The minimum atomic E-state index is 0.721. The third-order valence-corrected chi connectivity index (χ3v) is 3.83. The number of guanidine groups is 1. The molecule has 2 N–H and O–H groups in total. The van der Waals surface area contributed by atoms with Crippen molar-refractivity contribution < 1.29 is 4.74 Å². The molecule has 122 valence electrons. The van der Waals surface area contributed by atoms with E-state index in [4.69, 9.17) is 16.3 Å². The summed E-state index contributed by atoms with van der Waals surface area (Å²) in [6, 6.07) is 16.0. The van der Waals surface area contributed by atoms with Gasteiger partial charge in [0.05, 0.1) is 7.11 Å². The zero-order chi connectivity index (χ0) is 16.5. The van der Waals surface area contributed by atoms with Crippen LogP contribution in [0.5, 0.6) is 5.75 Å². The van der Waals surface area contributed by atoms with E-state index in [1.165, 1.54) is 5.56 Å². The van der Waals surface area contributed by atoms with Crippen LogP contribution in [0.1, 0.15) is 11.1 Å². The first kappa shape index (κ1) is 17.2. The summed E-state index contributed by atoms with van der Waals surface area (Å²) < 4.78 is 5.15. The van der Waals surface area contributed by atoms with Gasteiger partial charge in [0.2, 0.25) is 0 Å². The molecule has 0 unspecified atom stereocenters. The SMILES string of the molecule is CN=C(NCCc1ccc(OC)cc1Cl)NCc1ccccc1. The molecule has 0 aliphatic heterocycles. The summed E-state index contributed by atoms with van der Waals surface area (Å²) in [5.74, 6) is 1.55. The zero-order valence-corrected chi connectivity index (χ0v) is 14.2. The zero-order valence-electron chi connectivity index (χ0n) is 13.5. The third-order valence-electron chi connectivity index (χ3n) is 3.47. The van der Waals surface area contributed by atoms with E-state index >= 15 is 0 Å². The van der Waals surface area contributed by atoms with Crippen molar-refractivity contribution in [3.8, 4) is 5.75 Å². The molecule has 0 saturated heterocycles. The second-order valence-corrected chi connectivity index (χ2v) is 5.45. The van der Waals surface area contributed by atoms with Gasteiger partial charge in [-0.15, -0.1) is 0 Å². The lowest BCUT2D eigenvalue weighted by Crippen LogP contribution is -2.37. The van der Waals surface area contributed by atoms with Gasteiger partial charge in [0, 0.05) is 25.2 Å². The topological polar surface area (TPSA) is 45.7 Å². The molecule has 2 aromatic rings. The molecule has 0 fully saturated rings. The molecule has 23 heavy (non-hydrogen) atoms. The summed E-state index contributed by atoms with van der Waals surface area (Å²) >= 11 is 6.24. The predicted octanol–water partition coefficient (Wildman–Crippen LogP) is 3.26. The third kappa shape index (κ3) is 5.49. The lowest BCUT2D eigenvalue weighted by molar-refractivity contribution is 0.414. The molecule has 0 spiro atoms. The van der Waals surface area contributed by atoms with Crippen molar-refractivity contribution in [2.45, 2.75) is 13.0 Å². The highest BCUT2D eigenvalue weighted by Crippen LogP contribution is 2.22. The predicted molar refractivity (Wildman–Crippen MR) is 96.4 cm³/mol. The number of hydrogen-bond acceptors (Lipinski definition) is 2. The van der Waals surface area contributed by atoms with E-state index in [0.29, 0.717) is 0 Å². The smallest absolute Gasteiger partial charge is 0.191 e. The standard InChI is InChI=1S/C18H22ClN3O/c1-20-18(22-13-14-6-4-3-5-7-14)21-11-10-15-8-9-16(23-2)12-17(15)19/h3-9,12H,10-11,13H2,1-2H3,(H2,20,21,22). The van der Waals surface area contributed by atoms with Crippen LogP contribution in [0.25, 0.3) is 0 Å². The maximum absolute atomic E-state index is 6.24. The van der Waals surface area contributed by atoms with Gasteiger partial charge in [-0.1, -0.05) is 48.0 Å². The van der Waals surface area contributed by atoms with Gasteiger partial charge in [-0.2, -0.15) is 0 Å². The van der Waals surface area contributed by atoms with Crippen molar-refractivity contribution in [2.75, 3.05) is 20.7 Å². The van der Waals surface area contributed by atoms with Crippen molar-refractivity contribution >= 4 is 17.6 Å². The molecular weight excluding hydrogens is 310 g/mol. The number of ether oxygens (including phenoxy) is 1. The van der Waals surface area contributed by atoms with E-state index in [0.717, 1.165) is 41.8 Å². The average molecular weight is 332 g/mol. The highest BCUT2D eigenvalue weighted by atomic mass is 35.5. The van der Waals surface area contributed by atoms with Crippen LogP contribution in [0.3, 0.4) is 0 Å². The van der Waals surface area contributed by atoms with Gasteiger partial charge in [0.25, 0.3) is 0 Å². The van der Waals surface area contributed by atoms with Crippen molar-refractivity contribution in [3.63, 3.8) is 0 Å². The van der Waals surface area contributed by atoms with Gasteiger partial charge in [-0.25, -0.2) is 0 Å². The number of nitrogens with zero attached hydrogens (tertiary/aromatic N) is 1. The Labute approximate surface area is 142 Å². The highest BCUT2D eigenvalue weighted by Gasteiger charge is 2.03. The Morgan fingerprint density at radius 2 is 1.91 bits per heavy atom. The lowest BCUT2D eigenvalue weighted by atomic mass is 10.1. The minimum Gasteiger partial charge on any atom is -0.497 e. The maximum atomic E-state index is 6.24. The van der Waals surface area contributed by atoms with Crippen molar-refractivity contribution in [1.29, 1.82) is 0 Å². The fraction of sp³-hybridized carbons (Fsp3) is 0.278. The van der Waals surface area contributed by atoms with E-state index in [2.05, 4.69) is 27.8 Å². The van der Waals surface area contributed by atoms with Crippen LogP contribution >= 0.6 is 11.6 Å². The Morgan fingerprint density at radius 1 is 1.13 bits per heavy atom. The number of halogens is 1. The van der Waals surface area contributed by atoms with Gasteiger partial charge < -0.3 is 15.4 Å². The van der Waals surface area contributed by atoms with Crippen LogP contribution < -0.4 is 15.4 Å². The largest absolute Gasteiger partial charge is 0.497 e. The average Bonchev–Trinajstić information content (AvgIpc) is 2.60. The van der Waals surface area contributed by atoms with Crippen molar-refractivity contribution in [2.24, 2.45) is 4.99 Å². The van der Waals surface area contributed by atoms with E-state index in [1.807, 2.05) is 36.4 Å². The van der Waals surface area contributed by atoms with Crippen molar-refractivity contribution in [1.82, 2.24) is 10.6 Å². The fourth-order valence-electron chi connectivity index (χ4n) is 2.18. The van der Waals surface area contributed by atoms with Gasteiger partial charge in [0.15, 0.2) is 5.96 Å². The molecule has 0 aliphatic carbocycles. The van der Waals surface area contributed by atoms with Crippen molar-refractivity contribution in [3.05, 3.63) is 64.7 Å². The summed E-state index contributed by atoms with van der Waals surface area (Å²) in [4.78, 5) is 4.23. The molecule has 0 aromatic heterocycles. The molecule has 0 heterocycles. The number of hydrogen-bond donors (Lipinski definition) is 2. The molecule has 0 atom stereocenters. The molecule has 0 saturated carbocycles. The Balaban J connectivity index is 1.80. The molecule has 0 aliphatic rings. The Bertz CT molecular complexity index is 644. The monoisotopic (exact) mass is 331 g/mol. The lowest BCUT2D eigenvalue weighted by Gasteiger charge is -2.12. The number of rotatable bonds is 6. The van der Waals surface area contributed by atoms with Gasteiger partial charge in [-0.3, -0.25) is 4.99 Å². The number of aliphatic imine (C=N–C) groups is 1. The second-order valence-electron chi connectivity index (χ2n) is 5.05. The van der Waals surface area contributed by atoms with Gasteiger partial charge in [-0.05, 0) is 29.7 Å². The molecule has 5 heteroatoms. The summed E-state index contributed by atoms with van der Waals surface area (Å²) in [7, 11) is 3.40. The van der Waals surface area contributed by atoms with Crippen LogP contribution in [0.4, 0.5) is 0 Å². The van der Waals surface area contributed by atoms with Crippen LogP contribution in [-0.4, -0.2) is 26.7 Å². The van der Waals surface area contributed by atoms with E-state index in [-0.39, 0.29) is 0 Å². The highest BCUT2D eigenvalue weighted by molar-refractivity contribution is 6.31. The van der Waals surface area contributed by atoms with E-state index in [9.17, 15) is 0 Å². The normalized spacial score (nSPS) is 11.2. The first-order valence-corrected chi connectivity index (χ1v) is 7.91. The summed E-state index contributed by atoms with van der Waals surface area (Å²) in [5.41, 5.74) is 2.30. The molecule has 2 rings (SSSR count). The van der Waals surface area contributed by atoms with E-state index < -0.39 is 0 Å². The van der Waals surface area contributed by atoms with Gasteiger partial charge >= 0.3 is 0 Å². The first-order chi connectivity index (χ1) is 11.2. The first-order valence-electron chi connectivity index (χ1n) is 7.54. The van der Waals surface area contributed by atoms with Crippen LogP contribution in [-0.2, 0) is 13.0 Å². The molecular formula is C18H22ClN3O. The Hall–Kier alpha value is -2.20. The quantitative estimate of drug-likeness (QED) is 0.631. The Morgan fingerprint density at radius 3 is 2.57 bits per heavy atom. The molecule has 0 bridgehead atoms. The fourth-order valence-corrected chi connectivity index (χ4v) is 2.44. The molecule has 2 aromatic carbocycles.